The third-order valence-corrected chi connectivity index (χ3v) is 4.09. The Morgan fingerprint density at radius 3 is 2.62 bits per heavy atom. The van der Waals surface area contributed by atoms with Crippen molar-refractivity contribution in [2.24, 2.45) is 5.92 Å². The van der Waals surface area contributed by atoms with Crippen molar-refractivity contribution in [3.05, 3.63) is 34.9 Å². The molecule has 1 aromatic rings. The number of rotatable bonds is 4. The Balaban J connectivity index is 2.14. The summed E-state index contributed by atoms with van der Waals surface area (Å²) in [7, 11) is 0. The van der Waals surface area contributed by atoms with Crippen molar-refractivity contribution in [1.82, 2.24) is 0 Å². The van der Waals surface area contributed by atoms with Crippen LogP contribution in [0.4, 0.5) is 0 Å². The molecule has 0 radical (unpaired) electrons. The van der Waals surface area contributed by atoms with Crippen LogP contribution in [0.2, 0.25) is 0 Å². The average Bonchev–Trinajstić information content (AvgIpc) is 2.49. The second-order valence-electron chi connectivity index (χ2n) is 5.83. The fourth-order valence-corrected chi connectivity index (χ4v) is 2.38. The van der Waals surface area contributed by atoms with Gasteiger partial charge in [-0.1, -0.05) is 25.1 Å². The van der Waals surface area contributed by atoms with Gasteiger partial charge in [-0.05, 0) is 25.0 Å². The zero-order valence-electron chi connectivity index (χ0n) is 12.7. The van der Waals surface area contributed by atoms with Crippen molar-refractivity contribution in [3.63, 3.8) is 0 Å². The Morgan fingerprint density at radius 1 is 1.29 bits per heavy atom. The molecule has 0 spiro atoms. The first kappa shape index (κ1) is 16.4. The minimum absolute atomic E-state index is 0.0947. The van der Waals surface area contributed by atoms with Gasteiger partial charge in [0.15, 0.2) is 6.29 Å². The van der Waals surface area contributed by atoms with Crippen LogP contribution in [-0.2, 0) is 9.47 Å². The van der Waals surface area contributed by atoms with E-state index in [9.17, 15) is 10.2 Å². The fraction of sp³-hybridized carbons (Fsp3) is 0.625. The summed E-state index contributed by atoms with van der Waals surface area (Å²) in [5.74, 6) is -0.372. The quantitative estimate of drug-likeness (QED) is 0.774. The SMILES string of the molecule is Cc1ccc(C2OCC(O)C(C(O)C(C)CO)O2)cc1C. The van der Waals surface area contributed by atoms with E-state index in [4.69, 9.17) is 14.6 Å². The molecular formula is C16H24O5. The van der Waals surface area contributed by atoms with Crippen LogP contribution in [0.1, 0.15) is 29.9 Å². The topological polar surface area (TPSA) is 79.2 Å². The third kappa shape index (κ3) is 3.62. The van der Waals surface area contributed by atoms with E-state index in [0.29, 0.717) is 0 Å². The summed E-state index contributed by atoms with van der Waals surface area (Å²) in [6, 6.07) is 5.89. The highest BCUT2D eigenvalue weighted by molar-refractivity contribution is 5.30. The first-order valence-corrected chi connectivity index (χ1v) is 7.25. The molecule has 3 N–H and O–H groups in total. The molecule has 5 heteroatoms. The van der Waals surface area contributed by atoms with E-state index in [0.717, 1.165) is 11.1 Å². The molecule has 21 heavy (non-hydrogen) atoms. The van der Waals surface area contributed by atoms with E-state index in [1.165, 1.54) is 5.56 Å². The summed E-state index contributed by atoms with van der Waals surface area (Å²) in [4.78, 5) is 0. The van der Waals surface area contributed by atoms with Crippen LogP contribution in [0.3, 0.4) is 0 Å². The number of hydrogen-bond donors (Lipinski definition) is 3. The standard InChI is InChI=1S/C16H24O5/c1-9-4-5-12(6-10(9)2)16-20-8-13(18)15(21-16)14(19)11(3)7-17/h4-6,11,13-19H,7-8H2,1-3H3. The molecular weight excluding hydrogens is 272 g/mol. The van der Waals surface area contributed by atoms with Gasteiger partial charge < -0.3 is 24.8 Å². The molecule has 0 aromatic heterocycles. The van der Waals surface area contributed by atoms with Gasteiger partial charge in [-0.15, -0.1) is 0 Å². The maximum absolute atomic E-state index is 10.2. The van der Waals surface area contributed by atoms with Crippen molar-refractivity contribution in [3.8, 4) is 0 Å². The van der Waals surface area contributed by atoms with Gasteiger partial charge in [0.2, 0.25) is 0 Å². The van der Waals surface area contributed by atoms with Crippen LogP contribution < -0.4 is 0 Å². The van der Waals surface area contributed by atoms with Crippen molar-refractivity contribution in [1.29, 1.82) is 0 Å². The summed E-state index contributed by atoms with van der Waals surface area (Å²) in [5, 5.41) is 29.3. The van der Waals surface area contributed by atoms with Crippen LogP contribution in [0.5, 0.6) is 0 Å². The van der Waals surface area contributed by atoms with Gasteiger partial charge in [-0.2, -0.15) is 0 Å². The monoisotopic (exact) mass is 296 g/mol. The number of aryl methyl sites for hydroxylation is 2. The molecule has 1 aliphatic rings. The van der Waals surface area contributed by atoms with Gasteiger partial charge in [-0.25, -0.2) is 0 Å². The van der Waals surface area contributed by atoms with Gasteiger partial charge in [-0.3, -0.25) is 0 Å². The van der Waals surface area contributed by atoms with Crippen molar-refractivity contribution >= 4 is 0 Å². The number of hydrogen-bond acceptors (Lipinski definition) is 5. The number of aliphatic hydroxyl groups is 3. The molecule has 1 heterocycles. The smallest absolute Gasteiger partial charge is 0.184 e. The van der Waals surface area contributed by atoms with Gasteiger partial charge in [0.1, 0.15) is 12.2 Å². The Labute approximate surface area is 125 Å². The molecule has 5 atom stereocenters. The van der Waals surface area contributed by atoms with E-state index in [1.807, 2.05) is 32.0 Å². The maximum Gasteiger partial charge on any atom is 0.184 e. The molecule has 5 nitrogen and oxygen atoms in total. The summed E-state index contributed by atoms with van der Waals surface area (Å²) in [6.45, 7) is 5.68. The van der Waals surface area contributed by atoms with E-state index < -0.39 is 24.6 Å². The summed E-state index contributed by atoms with van der Waals surface area (Å²) >= 11 is 0. The lowest BCUT2D eigenvalue weighted by Crippen LogP contribution is -2.50. The zero-order valence-corrected chi connectivity index (χ0v) is 12.7. The van der Waals surface area contributed by atoms with Crippen LogP contribution in [0.15, 0.2) is 18.2 Å². The van der Waals surface area contributed by atoms with Gasteiger partial charge in [0.25, 0.3) is 0 Å². The Hall–Kier alpha value is -0.980. The molecule has 0 amide bonds. The lowest BCUT2D eigenvalue weighted by molar-refractivity contribution is -0.280. The molecule has 2 rings (SSSR count). The molecule has 5 unspecified atom stereocenters. The molecule has 1 saturated heterocycles. The van der Waals surface area contributed by atoms with Gasteiger partial charge in [0.05, 0.1) is 12.7 Å². The number of benzene rings is 1. The third-order valence-electron chi connectivity index (χ3n) is 4.09. The summed E-state index contributed by atoms with van der Waals surface area (Å²) in [5.41, 5.74) is 3.17. The average molecular weight is 296 g/mol. The number of aliphatic hydroxyl groups excluding tert-OH is 3. The molecule has 1 aromatic carbocycles. The maximum atomic E-state index is 10.2. The largest absolute Gasteiger partial charge is 0.396 e. The summed E-state index contributed by atoms with van der Waals surface area (Å²) < 4.78 is 11.3. The van der Waals surface area contributed by atoms with Crippen molar-refractivity contribution < 1.29 is 24.8 Å². The van der Waals surface area contributed by atoms with E-state index in [1.54, 1.807) is 6.92 Å². The van der Waals surface area contributed by atoms with E-state index in [2.05, 4.69) is 0 Å². The molecule has 1 fully saturated rings. The van der Waals surface area contributed by atoms with Crippen LogP contribution >= 0.6 is 0 Å². The van der Waals surface area contributed by atoms with Crippen molar-refractivity contribution in [2.75, 3.05) is 13.2 Å². The Kier molecular flexibility index (Phi) is 5.35. The zero-order chi connectivity index (χ0) is 15.6. The first-order chi connectivity index (χ1) is 9.93. The molecule has 0 bridgehead atoms. The van der Waals surface area contributed by atoms with E-state index in [-0.39, 0.29) is 19.1 Å². The molecule has 0 aliphatic carbocycles. The van der Waals surface area contributed by atoms with E-state index >= 15 is 0 Å². The van der Waals surface area contributed by atoms with Gasteiger partial charge in [0, 0.05) is 18.1 Å². The van der Waals surface area contributed by atoms with Crippen LogP contribution in [0, 0.1) is 19.8 Å². The fourth-order valence-electron chi connectivity index (χ4n) is 2.38. The molecule has 0 saturated carbocycles. The highest BCUT2D eigenvalue weighted by Crippen LogP contribution is 2.30. The minimum Gasteiger partial charge on any atom is -0.396 e. The van der Waals surface area contributed by atoms with Gasteiger partial charge >= 0.3 is 0 Å². The highest BCUT2D eigenvalue weighted by Gasteiger charge is 2.38. The highest BCUT2D eigenvalue weighted by atomic mass is 16.7. The lowest BCUT2D eigenvalue weighted by atomic mass is 9.96. The number of ether oxygens (including phenoxy) is 2. The van der Waals surface area contributed by atoms with Crippen LogP contribution in [-0.4, -0.2) is 46.8 Å². The second-order valence-corrected chi connectivity index (χ2v) is 5.83. The van der Waals surface area contributed by atoms with Crippen LogP contribution in [0.25, 0.3) is 0 Å². The van der Waals surface area contributed by atoms with Crippen molar-refractivity contribution in [2.45, 2.75) is 45.4 Å². The molecule has 118 valence electrons. The Bertz CT molecular complexity index is 476. The minimum atomic E-state index is -0.942. The summed E-state index contributed by atoms with van der Waals surface area (Å²) in [6.07, 6.45) is -3.23. The molecule has 1 aliphatic heterocycles. The normalized spacial score (nSPS) is 29.1. The lowest BCUT2D eigenvalue weighted by Gasteiger charge is -2.38. The predicted octanol–water partition coefficient (Wildman–Crippen LogP) is 1.07. The second kappa shape index (κ2) is 6.85. The predicted molar refractivity (Wildman–Crippen MR) is 77.7 cm³/mol. The Morgan fingerprint density at radius 2 is 2.00 bits per heavy atom. The first-order valence-electron chi connectivity index (χ1n) is 7.25.